The van der Waals surface area contributed by atoms with E-state index in [1.165, 1.54) is 13.1 Å². The molecule has 0 saturated heterocycles. The number of aryl methyl sites for hydroxylation is 1. The van der Waals surface area contributed by atoms with Gasteiger partial charge in [0.2, 0.25) is 0 Å². The predicted molar refractivity (Wildman–Crippen MR) is 107 cm³/mol. The number of alkyl halides is 3. The Hall–Kier alpha value is -3.63. The molecule has 0 unspecified atom stereocenters. The number of aromatic nitrogens is 3. The van der Waals surface area contributed by atoms with Gasteiger partial charge in [-0.05, 0) is 37.1 Å². The first kappa shape index (κ1) is 23.0. The van der Waals surface area contributed by atoms with Crippen LogP contribution >= 0.6 is 0 Å². The molecule has 170 valence electrons. The van der Waals surface area contributed by atoms with Crippen LogP contribution in [-0.4, -0.2) is 20.7 Å². The Labute approximate surface area is 179 Å². The van der Waals surface area contributed by atoms with Gasteiger partial charge in [0, 0.05) is 25.4 Å². The molecule has 0 N–H and O–H groups in total. The van der Waals surface area contributed by atoms with Crippen molar-refractivity contribution >= 4 is 0 Å². The van der Waals surface area contributed by atoms with Crippen molar-refractivity contribution < 1.29 is 27.0 Å². The van der Waals surface area contributed by atoms with Crippen molar-refractivity contribution in [3.05, 3.63) is 74.4 Å². The monoisotopic (exact) mass is 453 g/mol. The van der Waals surface area contributed by atoms with Crippen LogP contribution in [0.2, 0.25) is 0 Å². The first-order valence-electron chi connectivity index (χ1n) is 9.51. The van der Waals surface area contributed by atoms with Crippen LogP contribution in [0.1, 0.15) is 24.6 Å². The molecule has 2 heterocycles. The summed E-state index contributed by atoms with van der Waals surface area (Å²) in [7, 11) is 0.845. The first-order valence-corrected chi connectivity index (χ1v) is 9.51. The Bertz CT molecular complexity index is 1270. The third kappa shape index (κ3) is 4.51. The fraction of sp³-hybridized carbons (Fsp3) is 0.286. The summed E-state index contributed by atoms with van der Waals surface area (Å²) in [5.74, 6) is -0.538. The Morgan fingerprint density at radius 2 is 1.84 bits per heavy atom. The summed E-state index contributed by atoms with van der Waals surface area (Å²) in [5.41, 5.74) is -4.37. The molecule has 0 radical (unpaired) electrons. The normalized spacial score (nSPS) is 11.5. The Kier molecular flexibility index (Phi) is 6.37. The molecule has 3 rings (SSSR count). The number of hydrogen-bond acceptors (Lipinski definition) is 5. The van der Waals surface area contributed by atoms with E-state index in [-0.39, 0.29) is 28.0 Å². The first-order chi connectivity index (χ1) is 15.0. The van der Waals surface area contributed by atoms with Crippen molar-refractivity contribution in [3.8, 4) is 23.1 Å². The molecule has 32 heavy (non-hydrogen) atoms. The highest BCUT2D eigenvalue weighted by atomic mass is 19.4. The van der Waals surface area contributed by atoms with E-state index in [0.29, 0.717) is 16.7 Å². The topological polar surface area (TPSA) is 75.3 Å². The molecule has 0 atom stereocenters. The molecule has 0 spiro atoms. The second kappa shape index (κ2) is 8.85. The third-order valence-electron chi connectivity index (χ3n) is 4.49. The van der Waals surface area contributed by atoms with Crippen molar-refractivity contribution in [2.24, 2.45) is 7.05 Å². The van der Waals surface area contributed by atoms with Gasteiger partial charge in [-0.15, -0.1) is 0 Å². The lowest BCUT2D eigenvalue weighted by Gasteiger charge is -2.16. The summed E-state index contributed by atoms with van der Waals surface area (Å²) < 4.78 is 65.8. The summed E-state index contributed by atoms with van der Waals surface area (Å²) in [6, 6.07) is 5.46. The van der Waals surface area contributed by atoms with Crippen LogP contribution in [0.25, 0.3) is 5.69 Å². The van der Waals surface area contributed by atoms with Gasteiger partial charge in [-0.1, -0.05) is 6.92 Å². The number of nitrogens with zero attached hydrogens (tertiary/aromatic N) is 3. The van der Waals surface area contributed by atoms with Gasteiger partial charge in [-0.3, -0.25) is 9.36 Å². The summed E-state index contributed by atoms with van der Waals surface area (Å²) in [5, 5.41) is 0. The second-order valence-corrected chi connectivity index (χ2v) is 6.87. The van der Waals surface area contributed by atoms with Gasteiger partial charge in [0.1, 0.15) is 17.3 Å². The predicted octanol–water partition coefficient (Wildman–Crippen LogP) is 3.98. The number of halogens is 4. The van der Waals surface area contributed by atoms with Gasteiger partial charge in [0.05, 0.1) is 12.3 Å². The van der Waals surface area contributed by atoms with Crippen molar-refractivity contribution in [2.75, 3.05) is 6.61 Å². The molecular weight excluding hydrogens is 434 g/mol. The van der Waals surface area contributed by atoms with Crippen molar-refractivity contribution in [1.82, 2.24) is 14.1 Å². The minimum atomic E-state index is -4.93. The van der Waals surface area contributed by atoms with E-state index >= 15 is 0 Å². The zero-order valence-corrected chi connectivity index (χ0v) is 17.4. The van der Waals surface area contributed by atoms with Crippen LogP contribution in [0.3, 0.4) is 0 Å². The highest BCUT2D eigenvalue weighted by Crippen LogP contribution is 2.33. The maximum Gasteiger partial charge on any atom is 0.431 e. The van der Waals surface area contributed by atoms with Crippen LogP contribution in [0.5, 0.6) is 17.4 Å². The molecule has 0 saturated carbocycles. The average Bonchev–Trinajstić information content (AvgIpc) is 2.72. The minimum Gasteiger partial charge on any atom is -0.475 e. The van der Waals surface area contributed by atoms with Gasteiger partial charge in [0.25, 0.3) is 11.4 Å². The maximum atomic E-state index is 14.7. The SMILES string of the molecule is CCCOc1ncccc1Oc1cc(-n2c(=O)cc(C(F)(F)F)n(C)c2=O)c(F)cc1C. The lowest BCUT2D eigenvalue weighted by Crippen LogP contribution is -2.41. The zero-order valence-electron chi connectivity index (χ0n) is 17.4. The van der Waals surface area contributed by atoms with Gasteiger partial charge in [0.15, 0.2) is 5.75 Å². The summed E-state index contributed by atoms with van der Waals surface area (Å²) in [4.78, 5) is 29.0. The number of rotatable bonds is 6. The number of benzene rings is 1. The molecule has 0 fully saturated rings. The molecule has 0 bridgehead atoms. The lowest BCUT2D eigenvalue weighted by atomic mass is 10.2. The molecule has 3 aromatic rings. The molecule has 7 nitrogen and oxygen atoms in total. The van der Waals surface area contributed by atoms with E-state index in [2.05, 4.69) is 4.98 Å². The van der Waals surface area contributed by atoms with Crippen LogP contribution in [0.15, 0.2) is 46.1 Å². The van der Waals surface area contributed by atoms with E-state index in [4.69, 9.17) is 9.47 Å². The van der Waals surface area contributed by atoms with Crippen LogP contribution < -0.4 is 20.7 Å². The standard InChI is InChI=1S/C21H19F4N3O4/c1-4-8-31-19-15(6-5-7-26-19)32-16-10-14(13(22)9-12(16)2)28-18(29)11-17(21(23,24)25)27(3)20(28)30/h5-7,9-11H,4,8H2,1-3H3. The van der Waals surface area contributed by atoms with Gasteiger partial charge < -0.3 is 9.47 Å². The van der Waals surface area contributed by atoms with E-state index in [0.717, 1.165) is 25.6 Å². The van der Waals surface area contributed by atoms with E-state index in [9.17, 15) is 27.2 Å². The van der Waals surface area contributed by atoms with Gasteiger partial charge >= 0.3 is 11.9 Å². The highest BCUT2D eigenvalue weighted by molar-refractivity contribution is 5.48. The van der Waals surface area contributed by atoms with E-state index in [1.807, 2.05) is 6.92 Å². The quantitative estimate of drug-likeness (QED) is 0.528. The Balaban J connectivity index is 2.13. The summed E-state index contributed by atoms with van der Waals surface area (Å²) in [6.07, 6.45) is -2.72. The molecule has 1 aromatic carbocycles. The molecule has 0 aliphatic carbocycles. The van der Waals surface area contributed by atoms with E-state index < -0.39 is 34.6 Å². The maximum absolute atomic E-state index is 14.7. The third-order valence-corrected chi connectivity index (χ3v) is 4.49. The number of hydrogen-bond donors (Lipinski definition) is 0. The van der Waals surface area contributed by atoms with Crippen LogP contribution in [0, 0.1) is 12.7 Å². The van der Waals surface area contributed by atoms with Crippen LogP contribution in [0.4, 0.5) is 17.6 Å². The zero-order chi connectivity index (χ0) is 23.6. The molecule has 2 aromatic heterocycles. The second-order valence-electron chi connectivity index (χ2n) is 6.87. The van der Waals surface area contributed by atoms with Gasteiger partial charge in [-0.2, -0.15) is 13.2 Å². The number of ether oxygens (including phenoxy) is 2. The van der Waals surface area contributed by atoms with Gasteiger partial charge in [-0.25, -0.2) is 18.7 Å². The van der Waals surface area contributed by atoms with Crippen LogP contribution in [-0.2, 0) is 13.2 Å². The molecule has 0 aliphatic rings. The smallest absolute Gasteiger partial charge is 0.431 e. The average molecular weight is 453 g/mol. The molecular formula is C21H19F4N3O4. The minimum absolute atomic E-state index is 0.0598. The molecule has 11 heteroatoms. The Morgan fingerprint density at radius 3 is 2.50 bits per heavy atom. The summed E-state index contributed by atoms with van der Waals surface area (Å²) in [6.45, 7) is 3.80. The Morgan fingerprint density at radius 1 is 1.12 bits per heavy atom. The fourth-order valence-electron chi connectivity index (χ4n) is 2.92. The highest BCUT2D eigenvalue weighted by Gasteiger charge is 2.35. The fourth-order valence-corrected chi connectivity index (χ4v) is 2.92. The largest absolute Gasteiger partial charge is 0.475 e. The molecule has 0 aliphatic heterocycles. The van der Waals surface area contributed by atoms with E-state index in [1.54, 1.807) is 12.1 Å². The van der Waals surface area contributed by atoms with Crippen molar-refractivity contribution in [2.45, 2.75) is 26.4 Å². The van der Waals surface area contributed by atoms with Crippen molar-refractivity contribution in [3.63, 3.8) is 0 Å². The summed E-state index contributed by atoms with van der Waals surface area (Å²) >= 11 is 0. The number of pyridine rings is 1. The van der Waals surface area contributed by atoms with Crippen molar-refractivity contribution in [1.29, 1.82) is 0 Å². The lowest BCUT2D eigenvalue weighted by molar-refractivity contribution is -0.144. The molecule has 0 amide bonds.